The number of aryl methyl sites for hydroxylation is 2. The minimum atomic E-state index is -3.68. The third-order valence-electron chi connectivity index (χ3n) is 6.04. The van der Waals surface area contributed by atoms with E-state index in [1.165, 1.54) is 4.31 Å². The molecule has 0 spiro atoms. The Morgan fingerprint density at radius 2 is 1.68 bits per heavy atom. The molecule has 0 aliphatic rings. The van der Waals surface area contributed by atoms with E-state index in [4.69, 9.17) is 0 Å². The lowest BCUT2D eigenvalue weighted by Crippen LogP contribution is -2.33. The molecule has 0 unspecified atom stereocenters. The Hall–Kier alpha value is -3.05. The Labute approximate surface area is 198 Å². The fraction of sp³-hybridized carbons (Fsp3) is 0.478. The fourth-order valence-corrected chi connectivity index (χ4v) is 6.52. The fourth-order valence-electron chi connectivity index (χ4n) is 4.52. The van der Waals surface area contributed by atoms with Crippen molar-refractivity contribution in [3.05, 3.63) is 51.8 Å². The molecule has 11 heteroatoms. The van der Waals surface area contributed by atoms with Gasteiger partial charge in [-0.2, -0.15) is 9.40 Å². The molecule has 34 heavy (non-hydrogen) atoms. The molecule has 3 heterocycles. The second kappa shape index (κ2) is 9.30. The number of hydrogen-bond acceptors (Lipinski definition) is 6. The predicted octanol–water partition coefficient (Wildman–Crippen LogP) is 2.74. The van der Waals surface area contributed by atoms with Gasteiger partial charge < -0.3 is 0 Å². The summed E-state index contributed by atoms with van der Waals surface area (Å²) in [6, 6.07) is 7.35. The lowest BCUT2D eigenvalue weighted by Gasteiger charge is -2.21. The number of rotatable bonds is 9. The van der Waals surface area contributed by atoms with Crippen molar-refractivity contribution < 1.29 is 8.42 Å². The van der Waals surface area contributed by atoms with Gasteiger partial charge in [-0.1, -0.05) is 26.0 Å². The van der Waals surface area contributed by atoms with E-state index in [9.17, 15) is 13.2 Å². The minimum absolute atomic E-state index is 0.115. The zero-order chi connectivity index (χ0) is 24.6. The van der Waals surface area contributed by atoms with Crippen LogP contribution in [0.15, 0.2) is 34.0 Å². The molecule has 1 aromatic carbocycles. The van der Waals surface area contributed by atoms with Crippen LogP contribution < -0.4 is 5.56 Å². The molecule has 182 valence electrons. The molecule has 0 fully saturated rings. The van der Waals surface area contributed by atoms with Crippen LogP contribution in [0.3, 0.4) is 0 Å². The molecule has 10 nitrogen and oxygen atoms in total. The van der Waals surface area contributed by atoms with Crippen molar-refractivity contribution in [2.75, 3.05) is 13.1 Å². The Bertz CT molecular complexity index is 1510. The molecular formula is C23H31N7O3S. The molecule has 0 amide bonds. The van der Waals surface area contributed by atoms with E-state index in [1.54, 1.807) is 29.2 Å². The van der Waals surface area contributed by atoms with Crippen LogP contribution in [0.4, 0.5) is 0 Å². The zero-order valence-corrected chi connectivity index (χ0v) is 21.1. The van der Waals surface area contributed by atoms with Gasteiger partial charge >= 0.3 is 0 Å². The highest BCUT2D eigenvalue weighted by Gasteiger charge is 2.30. The van der Waals surface area contributed by atoms with Crippen molar-refractivity contribution in [1.29, 1.82) is 0 Å². The van der Waals surface area contributed by atoms with Gasteiger partial charge in [-0.15, -0.1) is 10.2 Å². The van der Waals surface area contributed by atoms with Crippen LogP contribution in [0.25, 0.3) is 16.7 Å². The number of para-hydroxylation sites is 1. The average molecular weight is 486 g/mol. The molecule has 4 rings (SSSR count). The quantitative estimate of drug-likeness (QED) is 0.361. The number of benzene rings is 1. The highest BCUT2D eigenvalue weighted by atomic mass is 32.2. The van der Waals surface area contributed by atoms with Crippen molar-refractivity contribution >= 4 is 26.7 Å². The molecule has 0 radical (unpaired) electrons. The maximum atomic E-state index is 13.5. The molecule has 0 saturated heterocycles. The molecular weight excluding hydrogens is 454 g/mol. The minimum Gasteiger partial charge on any atom is -0.277 e. The van der Waals surface area contributed by atoms with Crippen LogP contribution in [0.1, 0.15) is 50.8 Å². The second-order valence-corrected chi connectivity index (χ2v) is 10.3. The standard InChI is InChI=1S/C23H31N7O3S/c1-6-13-27(14-7-2)34(32,33)21-16(4)26-29(17(21)5)15-20-24-25-23-28(8-3)22(31)18-11-9-10-12-19(18)30(20)23/h9-12H,6-8,13-15H2,1-5H3. The van der Waals surface area contributed by atoms with E-state index < -0.39 is 10.0 Å². The highest BCUT2D eigenvalue weighted by molar-refractivity contribution is 7.89. The summed E-state index contributed by atoms with van der Waals surface area (Å²) in [6.45, 7) is 10.9. The maximum absolute atomic E-state index is 13.5. The third kappa shape index (κ3) is 3.82. The van der Waals surface area contributed by atoms with Gasteiger partial charge in [0.15, 0.2) is 5.82 Å². The van der Waals surface area contributed by atoms with E-state index >= 15 is 0 Å². The largest absolute Gasteiger partial charge is 0.277 e. The third-order valence-corrected chi connectivity index (χ3v) is 8.19. The topological polar surface area (TPSA) is 107 Å². The number of hydrogen-bond donors (Lipinski definition) is 0. The summed E-state index contributed by atoms with van der Waals surface area (Å²) in [4.78, 5) is 13.2. The number of sulfonamides is 1. The van der Waals surface area contributed by atoms with E-state index in [0.29, 0.717) is 53.5 Å². The SMILES string of the molecule is CCCN(CCC)S(=O)(=O)c1c(C)nn(Cc2nnc3n(CC)c(=O)c4ccccc4n23)c1C. The molecule has 0 bridgehead atoms. The molecule has 0 saturated carbocycles. The Balaban J connectivity index is 1.85. The molecule has 0 atom stereocenters. The Morgan fingerprint density at radius 3 is 2.32 bits per heavy atom. The van der Waals surface area contributed by atoms with Crippen molar-refractivity contribution in [3.8, 4) is 0 Å². The molecule has 0 aliphatic carbocycles. The van der Waals surface area contributed by atoms with Crippen LogP contribution in [0.2, 0.25) is 0 Å². The van der Waals surface area contributed by atoms with Crippen LogP contribution in [0.5, 0.6) is 0 Å². The summed E-state index contributed by atoms with van der Waals surface area (Å²) in [6.07, 6.45) is 1.48. The van der Waals surface area contributed by atoms with Gasteiger partial charge in [-0.3, -0.25) is 18.4 Å². The van der Waals surface area contributed by atoms with Crippen LogP contribution in [0, 0.1) is 13.8 Å². The molecule has 0 N–H and O–H groups in total. The predicted molar refractivity (Wildman–Crippen MR) is 131 cm³/mol. The van der Waals surface area contributed by atoms with Crippen LogP contribution >= 0.6 is 0 Å². The first kappa shape index (κ1) is 24.1. The van der Waals surface area contributed by atoms with Crippen LogP contribution in [-0.2, 0) is 23.1 Å². The smallest absolute Gasteiger partial charge is 0.262 e. The first-order chi connectivity index (χ1) is 16.3. The highest BCUT2D eigenvalue weighted by Crippen LogP contribution is 2.25. The summed E-state index contributed by atoms with van der Waals surface area (Å²) in [7, 11) is -3.68. The average Bonchev–Trinajstić information content (AvgIpc) is 3.34. The normalized spacial score (nSPS) is 12.4. The summed E-state index contributed by atoms with van der Waals surface area (Å²) in [5.74, 6) is 1.02. The van der Waals surface area contributed by atoms with Crippen molar-refractivity contribution in [1.82, 2.24) is 33.3 Å². The first-order valence-corrected chi connectivity index (χ1v) is 13.1. The van der Waals surface area contributed by atoms with Gasteiger partial charge in [0.25, 0.3) is 5.56 Å². The monoisotopic (exact) mass is 485 g/mol. The van der Waals surface area contributed by atoms with Gasteiger partial charge in [-0.25, -0.2) is 8.42 Å². The van der Waals surface area contributed by atoms with Crippen LogP contribution in [-0.4, -0.2) is 54.8 Å². The maximum Gasteiger partial charge on any atom is 0.262 e. The molecule has 0 aliphatic heterocycles. The lowest BCUT2D eigenvalue weighted by molar-refractivity contribution is 0.409. The Morgan fingerprint density at radius 1 is 1.00 bits per heavy atom. The lowest BCUT2D eigenvalue weighted by atomic mass is 10.2. The van der Waals surface area contributed by atoms with Crippen molar-refractivity contribution in [2.24, 2.45) is 0 Å². The van der Waals surface area contributed by atoms with Crippen molar-refractivity contribution in [3.63, 3.8) is 0 Å². The van der Waals surface area contributed by atoms with Crippen molar-refractivity contribution in [2.45, 2.75) is 65.4 Å². The summed E-state index contributed by atoms with van der Waals surface area (Å²) in [5.41, 5.74) is 1.60. The van der Waals surface area contributed by atoms with Gasteiger partial charge in [0.05, 0.1) is 22.3 Å². The molecule has 3 aromatic heterocycles. The number of aromatic nitrogens is 6. The van der Waals surface area contributed by atoms with E-state index in [1.807, 2.05) is 43.4 Å². The summed E-state index contributed by atoms with van der Waals surface area (Å²) < 4.78 is 33.6. The van der Waals surface area contributed by atoms with E-state index in [-0.39, 0.29) is 17.0 Å². The zero-order valence-electron chi connectivity index (χ0n) is 20.3. The summed E-state index contributed by atoms with van der Waals surface area (Å²) in [5, 5.41) is 13.8. The van der Waals surface area contributed by atoms with E-state index in [0.717, 1.165) is 12.8 Å². The Kier molecular flexibility index (Phi) is 6.59. The van der Waals surface area contributed by atoms with E-state index in [2.05, 4.69) is 15.3 Å². The number of fused-ring (bicyclic) bond motifs is 3. The number of nitrogens with zero attached hydrogens (tertiary/aromatic N) is 7. The van der Waals surface area contributed by atoms with Gasteiger partial charge in [-0.05, 0) is 45.7 Å². The van der Waals surface area contributed by atoms with Gasteiger partial charge in [0.1, 0.15) is 11.4 Å². The second-order valence-electron chi connectivity index (χ2n) is 8.38. The first-order valence-electron chi connectivity index (χ1n) is 11.7. The molecule has 4 aromatic rings. The summed E-state index contributed by atoms with van der Waals surface area (Å²) >= 11 is 0. The van der Waals surface area contributed by atoms with Gasteiger partial charge in [0.2, 0.25) is 15.8 Å². The van der Waals surface area contributed by atoms with Gasteiger partial charge in [0, 0.05) is 19.6 Å².